The van der Waals surface area contributed by atoms with Crippen molar-refractivity contribution in [1.29, 1.82) is 0 Å². The fourth-order valence-electron chi connectivity index (χ4n) is 3.97. The standard InChI is InChI=1S/C23H17N/c24-17-12-15-6-1-4-9-19(15)23(14-17)21-11-5-10-20-18-8-3-2-7-16(18)13-22(20)21/h1-12,14H,13,24H2. The van der Waals surface area contributed by atoms with Crippen LogP contribution in [0.15, 0.2) is 78.9 Å². The Morgan fingerprint density at radius 1 is 0.625 bits per heavy atom. The molecule has 5 rings (SSSR count). The van der Waals surface area contributed by atoms with Gasteiger partial charge < -0.3 is 5.73 Å². The molecule has 0 aromatic heterocycles. The zero-order valence-electron chi connectivity index (χ0n) is 13.3. The molecule has 0 unspecified atom stereocenters. The van der Waals surface area contributed by atoms with Crippen LogP contribution in [-0.2, 0) is 6.42 Å². The maximum Gasteiger partial charge on any atom is 0.0326 e. The van der Waals surface area contributed by atoms with E-state index in [2.05, 4.69) is 78.9 Å². The number of fused-ring (bicyclic) bond motifs is 4. The Balaban J connectivity index is 1.82. The van der Waals surface area contributed by atoms with Crippen molar-refractivity contribution in [3.05, 3.63) is 90.0 Å². The fraction of sp³-hybridized carbons (Fsp3) is 0.0435. The molecule has 0 aliphatic heterocycles. The van der Waals surface area contributed by atoms with Gasteiger partial charge in [-0.2, -0.15) is 0 Å². The molecule has 4 aromatic rings. The third-order valence-corrected chi connectivity index (χ3v) is 5.03. The minimum Gasteiger partial charge on any atom is -0.399 e. The molecule has 24 heavy (non-hydrogen) atoms. The highest BCUT2D eigenvalue weighted by atomic mass is 14.5. The number of hydrogen-bond acceptors (Lipinski definition) is 1. The topological polar surface area (TPSA) is 26.0 Å². The predicted molar refractivity (Wildman–Crippen MR) is 102 cm³/mol. The van der Waals surface area contributed by atoms with Crippen molar-refractivity contribution in [3.63, 3.8) is 0 Å². The van der Waals surface area contributed by atoms with Crippen LogP contribution in [0.1, 0.15) is 11.1 Å². The average molecular weight is 307 g/mol. The van der Waals surface area contributed by atoms with Gasteiger partial charge in [-0.1, -0.05) is 66.7 Å². The molecule has 0 bridgehead atoms. The van der Waals surface area contributed by atoms with Crippen LogP contribution in [-0.4, -0.2) is 0 Å². The van der Waals surface area contributed by atoms with Crippen LogP contribution in [0.3, 0.4) is 0 Å². The fourth-order valence-corrected chi connectivity index (χ4v) is 3.97. The second-order valence-corrected chi connectivity index (χ2v) is 6.46. The zero-order chi connectivity index (χ0) is 16.1. The Bertz CT molecular complexity index is 1090. The Hall–Kier alpha value is -3.06. The lowest BCUT2D eigenvalue weighted by atomic mass is 9.92. The quantitative estimate of drug-likeness (QED) is 0.397. The van der Waals surface area contributed by atoms with Crippen molar-refractivity contribution >= 4 is 16.5 Å². The lowest BCUT2D eigenvalue weighted by molar-refractivity contribution is 1.26. The summed E-state index contributed by atoms with van der Waals surface area (Å²) in [6.07, 6.45) is 0.991. The lowest BCUT2D eigenvalue weighted by Gasteiger charge is -2.13. The van der Waals surface area contributed by atoms with Crippen molar-refractivity contribution in [2.75, 3.05) is 5.73 Å². The van der Waals surface area contributed by atoms with E-state index in [1.807, 2.05) is 0 Å². The molecular weight excluding hydrogens is 290 g/mol. The number of nitrogens with two attached hydrogens (primary N) is 1. The van der Waals surface area contributed by atoms with Crippen LogP contribution in [0, 0.1) is 0 Å². The molecule has 0 saturated carbocycles. The van der Waals surface area contributed by atoms with Gasteiger partial charge in [-0.25, -0.2) is 0 Å². The van der Waals surface area contributed by atoms with Crippen LogP contribution in [0.5, 0.6) is 0 Å². The maximum absolute atomic E-state index is 6.19. The normalized spacial score (nSPS) is 12.2. The number of anilines is 1. The summed E-state index contributed by atoms with van der Waals surface area (Å²) in [7, 11) is 0. The van der Waals surface area contributed by atoms with Crippen LogP contribution in [0.4, 0.5) is 5.69 Å². The summed E-state index contributed by atoms with van der Waals surface area (Å²) in [5.41, 5.74) is 15.1. The smallest absolute Gasteiger partial charge is 0.0326 e. The highest BCUT2D eigenvalue weighted by Gasteiger charge is 2.21. The molecule has 1 heteroatoms. The minimum absolute atomic E-state index is 0.816. The molecule has 1 nitrogen and oxygen atoms in total. The predicted octanol–water partition coefficient (Wildman–Crippen LogP) is 5.66. The summed E-state index contributed by atoms with van der Waals surface area (Å²) in [6, 6.07) is 28.0. The van der Waals surface area contributed by atoms with Crippen LogP contribution < -0.4 is 5.73 Å². The Morgan fingerprint density at radius 2 is 1.33 bits per heavy atom. The second kappa shape index (κ2) is 4.97. The molecule has 1 aliphatic rings. The van der Waals surface area contributed by atoms with Crippen molar-refractivity contribution in [3.8, 4) is 22.3 Å². The van der Waals surface area contributed by atoms with Gasteiger partial charge in [0.1, 0.15) is 0 Å². The molecule has 0 heterocycles. The highest BCUT2D eigenvalue weighted by Crippen LogP contribution is 2.43. The highest BCUT2D eigenvalue weighted by molar-refractivity contribution is 6.01. The number of rotatable bonds is 1. The first kappa shape index (κ1) is 13.4. The third kappa shape index (κ3) is 1.88. The summed E-state index contributed by atoms with van der Waals surface area (Å²) < 4.78 is 0. The first-order chi connectivity index (χ1) is 11.8. The Kier molecular flexibility index (Phi) is 2.77. The molecule has 0 amide bonds. The molecule has 0 saturated heterocycles. The Morgan fingerprint density at radius 3 is 2.25 bits per heavy atom. The van der Waals surface area contributed by atoms with Crippen molar-refractivity contribution in [2.45, 2.75) is 6.42 Å². The van der Waals surface area contributed by atoms with Crippen molar-refractivity contribution in [2.24, 2.45) is 0 Å². The van der Waals surface area contributed by atoms with E-state index in [0.717, 1.165) is 12.1 Å². The van der Waals surface area contributed by atoms with Gasteiger partial charge in [0.25, 0.3) is 0 Å². The van der Waals surface area contributed by atoms with Gasteiger partial charge in [0.2, 0.25) is 0 Å². The molecule has 0 fully saturated rings. The molecule has 0 atom stereocenters. The molecule has 0 radical (unpaired) electrons. The third-order valence-electron chi connectivity index (χ3n) is 5.03. The number of benzene rings is 4. The SMILES string of the molecule is Nc1cc(-c2cccc3c2Cc2ccccc2-3)c2ccccc2c1. The van der Waals surface area contributed by atoms with E-state index in [-0.39, 0.29) is 0 Å². The molecule has 114 valence electrons. The molecule has 4 aromatic carbocycles. The van der Waals surface area contributed by atoms with E-state index in [9.17, 15) is 0 Å². The zero-order valence-corrected chi connectivity index (χ0v) is 13.3. The van der Waals surface area contributed by atoms with Crippen molar-refractivity contribution in [1.82, 2.24) is 0 Å². The van der Waals surface area contributed by atoms with E-state index < -0.39 is 0 Å². The lowest BCUT2D eigenvalue weighted by Crippen LogP contribution is -1.92. The molecular formula is C23H17N. The van der Waals surface area contributed by atoms with E-state index in [0.29, 0.717) is 0 Å². The number of nitrogen functional groups attached to an aromatic ring is 1. The van der Waals surface area contributed by atoms with E-state index in [1.54, 1.807) is 0 Å². The van der Waals surface area contributed by atoms with Gasteiger partial charge in [-0.3, -0.25) is 0 Å². The molecule has 1 aliphatic carbocycles. The van der Waals surface area contributed by atoms with Crippen molar-refractivity contribution < 1.29 is 0 Å². The monoisotopic (exact) mass is 307 g/mol. The maximum atomic E-state index is 6.19. The second-order valence-electron chi connectivity index (χ2n) is 6.46. The van der Waals surface area contributed by atoms with Crippen LogP contribution in [0.25, 0.3) is 33.0 Å². The van der Waals surface area contributed by atoms with Gasteiger partial charge >= 0.3 is 0 Å². The van der Waals surface area contributed by atoms with E-state index in [1.165, 1.54) is 44.2 Å². The summed E-state index contributed by atoms with van der Waals surface area (Å²) in [4.78, 5) is 0. The minimum atomic E-state index is 0.816. The first-order valence-corrected chi connectivity index (χ1v) is 8.30. The summed E-state index contributed by atoms with van der Waals surface area (Å²) in [6.45, 7) is 0. The largest absolute Gasteiger partial charge is 0.399 e. The molecule has 2 N–H and O–H groups in total. The summed E-state index contributed by atoms with van der Waals surface area (Å²) in [5, 5.41) is 2.46. The van der Waals surface area contributed by atoms with Gasteiger partial charge in [0.15, 0.2) is 0 Å². The van der Waals surface area contributed by atoms with Crippen LogP contribution >= 0.6 is 0 Å². The van der Waals surface area contributed by atoms with Gasteiger partial charge in [-0.05, 0) is 62.7 Å². The van der Waals surface area contributed by atoms with Gasteiger partial charge in [0, 0.05) is 5.69 Å². The average Bonchev–Trinajstić information content (AvgIpc) is 3.00. The van der Waals surface area contributed by atoms with Gasteiger partial charge in [-0.15, -0.1) is 0 Å². The molecule has 0 spiro atoms. The van der Waals surface area contributed by atoms with Gasteiger partial charge in [0.05, 0.1) is 0 Å². The van der Waals surface area contributed by atoms with E-state index >= 15 is 0 Å². The van der Waals surface area contributed by atoms with E-state index in [4.69, 9.17) is 5.73 Å². The Labute approximate surface area is 141 Å². The number of hydrogen-bond donors (Lipinski definition) is 1. The summed E-state index contributed by atoms with van der Waals surface area (Å²) >= 11 is 0. The first-order valence-electron chi connectivity index (χ1n) is 8.30. The van der Waals surface area contributed by atoms with Crippen LogP contribution in [0.2, 0.25) is 0 Å². The summed E-state index contributed by atoms with van der Waals surface area (Å²) in [5.74, 6) is 0.